The first-order chi connectivity index (χ1) is 7.25. The fraction of sp³-hybridized carbons (Fsp3) is 0.545. The van der Waals surface area contributed by atoms with Gasteiger partial charge in [0, 0.05) is 18.1 Å². The van der Waals surface area contributed by atoms with Crippen molar-refractivity contribution in [2.75, 3.05) is 11.9 Å². The molecular formula is C11H14Cl2N2. The third kappa shape index (κ3) is 2.99. The Kier molecular flexibility index (Phi) is 3.71. The van der Waals surface area contributed by atoms with Crippen molar-refractivity contribution >= 4 is 29.0 Å². The Balaban J connectivity index is 1.86. The van der Waals surface area contributed by atoms with Gasteiger partial charge in [-0.3, -0.25) is 0 Å². The number of nitrogens with zero attached hydrogens (tertiary/aromatic N) is 1. The minimum absolute atomic E-state index is 0.357. The molecule has 1 aromatic rings. The Morgan fingerprint density at radius 3 is 3.00 bits per heavy atom. The van der Waals surface area contributed by atoms with Gasteiger partial charge < -0.3 is 5.32 Å². The first-order valence-corrected chi connectivity index (χ1v) is 6.05. The summed E-state index contributed by atoms with van der Waals surface area (Å²) in [5, 5.41) is 4.31. The van der Waals surface area contributed by atoms with E-state index in [4.69, 9.17) is 23.2 Å². The van der Waals surface area contributed by atoms with Gasteiger partial charge in [-0.25, -0.2) is 4.98 Å². The number of nitrogens with one attached hydrogen (secondary N) is 1. The fourth-order valence-electron chi connectivity index (χ4n) is 1.96. The minimum Gasteiger partial charge on any atom is -0.369 e. The van der Waals surface area contributed by atoms with Crippen LogP contribution in [0.1, 0.15) is 19.3 Å². The van der Waals surface area contributed by atoms with Crippen molar-refractivity contribution < 1.29 is 0 Å². The molecule has 4 heteroatoms. The van der Waals surface area contributed by atoms with E-state index in [0.717, 1.165) is 25.2 Å². The molecule has 0 spiro atoms. The van der Waals surface area contributed by atoms with E-state index in [-0.39, 0.29) is 0 Å². The Hall–Kier alpha value is -0.470. The average molecular weight is 245 g/mol. The first-order valence-electron chi connectivity index (χ1n) is 5.24. The first kappa shape index (κ1) is 11.0. The molecule has 82 valence electrons. The Morgan fingerprint density at radius 2 is 2.33 bits per heavy atom. The molecule has 0 amide bonds. The third-order valence-electron chi connectivity index (χ3n) is 2.79. The number of rotatable bonds is 3. The lowest BCUT2D eigenvalue weighted by molar-refractivity contribution is 0.579. The topological polar surface area (TPSA) is 24.9 Å². The molecule has 1 aliphatic carbocycles. The largest absolute Gasteiger partial charge is 0.369 e. The van der Waals surface area contributed by atoms with Crippen LogP contribution in [-0.2, 0) is 0 Å². The molecule has 2 atom stereocenters. The zero-order valence-corrected chi connectivity index (χ0v) is 9.93. The second-order valence-corrected chi connectivity index (χ2v) is 5.02. The SMILES string of the molecule is Clc1cccnc1NCC1CCC(Cl)C1. The van der Waals surface area contributed by atoms with Gasteiger partial charge >= 0.3 is 0 Å². The molecule has 1 aliphatic rings. The van der Waals surface area contributed by atoms with Gasteiger partial charge in [0.25, 0.3) is 0 Å². The normalized spacial score (nSPS) is 25.5. The molecule has 0 aliphatic heterocycles. The summed E-state index contributed by atoms with van der Waals surface area (Å²) in [5.74, 6) is 1.43. The van der Waals surface area contributed by atoms with Crippen LogP contribution in [0, 0.1) is 5.92 Å². The van der Waals surface area contributed by atoms with Crippen molar-refractivity contribution in [1.82, 2.24) is 4.98 Å². The number of halogens is 2. The number of hydrogen-bond acceptors (Lipinski definition) is 2. The molecule has 15 heavy (non-hydrogen) atoms. The average Bonchev–Trinajstić information content (AvgIpc) is 2.63. The fourth-order valence-corrected chi connectivity index (χ4v) is 2.52. The minimum atomic E-state index is 0.357. The molecule has 0 aromatic carbocycles. The molecule has 1 N–H and O–H groups in total. The van der Waals surface area contributed by atoms with Gasteiger partial charge in [0.2, 0.25) is 0 Å². The summed E-state index contributed by atoms with van der Waals surface area (Å²) in [5.41, 5.74) is 0. The zero-order valence-electron chi connectivity index (χ0n) is 8.42. The Bertz CT molecular complexity index is 330. The van der Waals surface area contributed by atoms with Gasteiger partial charge in [0.05, 0.1) is 5.02 Å². The summed E-state index contributed by atoms with van der Waals surface area (Å²) in [6.45, 7) is 0.917. The molecule has 2 rings (SSSR count). The van der Waals surface area contributed by atoms with Crippen LogP contribution in [0.25, 0.3) is 0 Å². The zero-order chi connectivity index (χ0) is 10.7. The second kappa shape index (κ2) is 5.04. The van der Waals surface area contributed by atoms with Crippen molar-refractivity contribution in [3.8, 4) is 0 Å². The van der Waals surface area contributed by atoms with Crippen LogP contribution in [0.2, 0.25) is 5.02 Å². The maximum atomic E-state index is 6.05. The molecular weight excluding hydrogens is 231 g/mol. The number of hydrogen-bond donors (Lipinski definition) is 1. The van der Waals surface area contributed by atoms with E-state index in [1.165, 1.54) is 6.42 Å². The summed E-state index contributed by atoms with van der Waals surface area (Å²) < 4.78 is 0. The summed E-state index contributed by atoms with van der Waals surface area (Å²) in [6.07, 6.45) is 5.17. The van der Waals surface area contributed by atoms with Crippen LogP contribution in [0.5, 0.6) is 0 Å². The molecule has 1 heterocycles. The van der Waals surface area contributed by atoms with E-state index in [9.17, 15) is 0 Å². The second-order valence-electron chi connectivity index (χ2n) is 3.99. The predicted octanol–water partition coefficient (Wildman–Crippen LogP) is 3.55. The number of pyridine rings is 1. The highest BCUT2D eigenvalue weighted by Crippen LogP contribution is 2.29. The van der Waals surface area contributed by atoms with Gasteiger partial charge in [-0.2, -0.15) is 0 Å². The van der Waals surface area contributed by atoms with Gasteiger partial charge in [-0.05, 0) is 37.3 Å². The molecule has 1 saturated carbocycles. The molecule has 1 aromatic heterocycles. The lowest BCUT2D eigenvalue weighted by Gasteiger charge is -2.11. The van der Waals surface area contributed by atoms with Crippen LogP contribution in [0.4, 0.5) is 5.82 Å². The molecule has 1 fully saturated rings. The molecule has 0 radical (unpaired) electrons. The quantitative estimate of drug-likeness (QED) is 0.823. The van der Waals surface area contributed by atoms with Crippen LogP contribution in [0.3, 0.4) is 0 Å². The monoisotopic (exact) mass is 244 g/mol. The van der Waals surface area contributed by atoms with Crippen LogP contribution < -0.4 is 5.32 Å². The number of alkyl halides is 1. The maximum absolute atomic E-state index is 6.05. The molecule has 2 unspecified atom stereocenters. The van der Waals surface area contributed by atoms with Crippen LogP contribution >= 0.6 is 23.2 Å². The smallest absolute Gasteiger partial charge is 0.144 e. The van der Waals surface area contributed by atoms with Crippen LogP contribution in [-0.4, -0.2) is 16.9 Å². The molecule has 0 saturated heterocycles. The highest BCUT2D eigenvalue weighted by atomic mass is 35.5. The summed E-state index contributed by atoms with van der Waals surface area (Å²) in [7, 11) is 0. The van der Waals surface area contributed by atoms with E-state index >= 15 is 0 Å². The van der Waals surface area contributed by atoms with E-state index in [1.54, 1.807) is 6.20 Å². The van der Waals surface area contributed by atoms with E-state index in [0.29, 0.717) is 16.3 Å². The van der Waals surface area contributed by atoms with Crippen molar-refractivity contribution in [3.63, 3.8) is 0 Å². The van der Waals surface area contributed by atoms with Crippen LogP contribution in [0.15, 0.2) is 18.3 Å². The van der Waals surface area contributed by atoms with Crippen molar-refractivity contribution in [2.45, 2.75) is 24.6 Å². The van der Waals surface area contributed by atoms with Gasteiger partial charge in [0.1, 0.15) is 5.82 Å². The van der Waals surface area contributed by atoms with Gasteiger partial charge in [-0.15, -0.1) is 11.6 Å². The molecule has 0 bridgehead atoms. The van der Waals surface area contributed by atoms with E-state index in [1.807, 2.05) is 12.1 Å². The highest BCUT2D eigenvalue weighted by molar-refractivity contribution is 6.32. The predicted molar refractivity (Wildman–Crippen MR) is 64.7 cm³/mol. The van der Waals surface area contributed by atoms with Crippen molar-refractivity contribution in [2.24, 2.45) is 5.92 Å². The van der Waals surface area contributed by atoms with Gasteiger partial charge in [0.15, 0.2) is 0 Å². The summed E-state index contributed by atoms with van der Waals surface area (Å²) in [6, 6.07) is 3.67. The van der Waals surface area contributed by atoms with Crippen molar-refractivity contribution in [3.05, 3.63) is 23.4 Å². The third-order valence-corrected chi connectivity index (χ3v) is 3.50. The Morgan fingerprint density at radius 1 is 1.47 bits per heavy atom. The lowest BCUT2D eigenvalue weighted by atomic mass is 10.1. The maximum Gasteiger partial charge on any atom is 0.144 e. The standard InChI is InChI=1S/C11H14Cl2N2/c12-9-4-3-8(6-9)7-15-11-10(13)2-1-5-14-11/h1-2,5,8-9H,3-4,6-7H2,(H,14,15). The van der Waals surface area contributed by atoms with Gasteiger partial charge in [-0.1, -0.05) is 11.6 Å². The van der Waals surface area contributed by atoms with Crippen molar-refractivity contribution in [1.29, 1.82) is 0 Å². The summed E-state index contributed by atoms with van der Waals surface area (Å²) >= 11 is 12.0. The Labute approximate surface area is 100.0 Å². The highest BCUT2D eigenvalue weighted by Gasteiger charge is 2.22. The lowest BCUT2D eigenvalue weighted by Crippen LogP contribution is -2.12. The number of anilines is 1. The number of aromatic nitrogens is 1. The summed E-state index contributed by atoms with van der Waals surface area (Å²) in [4.78, 5) is 4.18. The molecule has 2 nitrogen and oxygen atoms in total. The van der Waals surface area contributed by atoms with E-state index in [2.05, 4.69) is 10.3 Å². The van der Waals surface area contributed by atoms with E-state index < -0.39 is 0 Å².